The number of H-pyrrole nitrogens is 2. The Morgan fingerprint density at radius 3 is 2.60 bits per heavy atom. The Hall–Kier alpha value is -3.18. The molecule has 0 saturated carbocycles. The number of nitrogens with zero attached hydrogens (tertiary/aromatic N) is 2. The van der Waals surface area contributed by atoms with E-state index in [1.807, 2.05) is 36.4 Å². The van der Waals surface area contributed by atoms with E-state index < -0.39 is 0 Å². The van der Waals surface area contributed by atoms with Gasteiger partial charge in [-0.1, -0.05) is 54.1 Å². The van der Waals surface area contributed by atoms with Gasteiger partial charge in [-0.15, -0.1) is 0 Å². The molecule has 0 radical (unpaired) electrons. The van der Waals surface area contributed by atoms with Gasteiger partial charge >= 0.3 is 0 Å². The molecule has 5 nitrogen and oxygen atoms in total. The van der Waals surface area contributed by atoms with Crippen LogP contribution in [0.15, 0.2) is 65.6 Å². The van der Waals surface area contributed by atoms with Crippen molar-refractivity contribution < 1.29 is 0 Å². The summed E-state index contributed by atoms with van der Waals surface area (Å²) in [6.45, 7) is 0. The molecule has 0 aliphatic carbocycles. The summed E-state index contributed by atoms with van der Waals surface area (Å²) in [5.74, 6) is 1.07. The number of imidazole rings is 1. The van der Waals surface area contributed by atoms with Crippen LogP contribution in [0.4, 0.5) is 0 Å². The van der Waals surface area contributed by atoms with Crippen LogP contribution in [-0.2, 0) is 0 Å². The zero-order valence-corrected chi connectivity index (χ0v) is 13.8. The van der Waals surface area contributed by atoms with Crippen molar-refractivity contribution in [2.45, 2.75) is 0 Å². The van der Waals surface area contributed by atoms with Crippen LogP contribution in [0, 0.1) is 0 Å². The summed E-state index contributed by atoms with van der Waals surface area (Å²) in [6.07, 6.45) is 3.37. The van der Waals surface area contributed by atoms with Gasteiger partial charge in [0.15, 0.2) is 5.82 Å². The van der Waals surface area contributed by atoms with Gasteiger partial charge < -0.3 is 9.97 Å². The van der Waals surface area contributed by atoms with E-state index >= 15 is 0 Å². The number of para-hydroxylation sites is 1. The van der Waals surface area contributed by atoms with E-state index in [9.17, 15) is 4.79 Å². The van der Waals surface area contributed by atoms with E-state index in [0.29, 0.717) is 21.8 Å². The molecule has 0 amide bonds. The van der Waals surface area contributed by atoms with Crippen LogP contribution in [0.1, 0.15) is 11.5 Å². The van der Waals surface area contributed by atoms with E-state index in [4.69, 9.17) is 11.6 Å². The first-order valence-corrected chi connectivity index (χ1v) is 8.05. The standard InChI is InChI=1S/C19H13ClN4O/c20-15(18-23-16-9-5-4-8-14(16)19(25)24-18)10-13-11-21-17(22-13)12-6-2-1-3-7-12/h1-11H,(H,21,22)(H,23,24,25)/b15-10+. The number of halogens is 1. The summed E-state index contributed by atoms with van der Waals surface area (Å²) in [7, 11) is 0. The molecule has 0 aliphatic heterocycles. The van der Waals surface area contributed by atoms with Crippen LogP contribution in [0.5, 0.6) is 0 Å². The van der Waals surface area contributed by atoms with E-state index in [1.54, 1.807) is 30.5 Å². The lowest BCUT2D eigenvalue weighted by molar-refractivity contribution is 1.13. The molecule has 2 N–H and O–H groups in total. The molecule has 0 unspecified atom stereocenters. The lowest BCUT2D eigenvalue weighted by Gasteiger charge is -2.01. The average molecular weight is 349 g/mol. The third-order valence-electron chi connectivity index (χ3n) is 3.76. The second-order valence-electron chi connectivity index (χ2n) is 5.48. The largest absolute Gasteiger partial charge is 0.338 e. The number of nitrogens with one attached hydrogen (secondary N) is 2. The van der Waals surface area contributed by atoms with E-state index in [1.165, 1.54) is 0 Å². The fraction of sp³-hybridized carbons (Fsp3) is 0. The van der Waals surface area contributed by atoms with Gasteiger partial charge in [0.2, 0.25) is 0 Å². The van der Waals surface area contributed by atoms with Crippen LogP contribution in [0.2, 0.25) is 0 Å². The minimum Gasteiger partial charge on any atom is -0.338 e. The molecule has 2 aromatic carbocycles. The Morgan fingerprint density at radius 2 is 1.76 bits per heavy atom. The highest BCUT2D eigenvalue weighted by Gasteiger charge is 2.08. The second kappa shape index (κ2) is 6.37. The summed E-state index contributed by atoms with van der Waals surface area (Å²) < 4.78 is 0. The topological polar surface area (TPSA) is 74.4 Å². The Kier molecular flexibility index (Phi) is 3.91. The zero-order chi connectivity index (χ0) is 17.2. The first-order valence-electron chi connectivity index (χ1n) is 7.68. The first-order chi connectivity index (χ1) is 12.2. The third kappa shape index (κ3) is 3.09. The number of fused-ring (bicyclic) bond motifs is 1. The number of hydrogen-bond donors (Lipinski definition) is 2. The smallest absolute Gasteiger partial charge is 0.259 e. The minimum absolute atomic E-state index is 0.221. The van der Waals surface area contributed by atoms with Crippen molar-refractivity contribution in [3.05, 3.63) is 82.7 Å². The number of hydrogen-bond acceptors (Lipinski definition) is 3. The Bertz CT molecular complexity index is 1130. The van der Waals surface area contributed by atoms with E-state index in [2.05, 4.69) is 19.9 Å². The van der Waals surface area contributed by atoms with Crippen molar-refractivity contribution >= 4 is 33.6 Å². The molecule has 0 aliphatic rings. The van der Waals surface area contributed by atoms with Gasteiger partial charge in [-0.25, -0.2) is 9.97 Å². The van der Waals surface area contributed by atoms with Gasteiger partial charge in [0, 0.05) is 5.56 Å². The van der Waals surface area contributed by atoms with Crippen LogP contribution >= 0.6 is 11.6 Å². The molecule has 0 fully saturated rings. The molecule has 2 heterocycles. The molecule has 6 heteroatoms. The van der Waals surface area contributed by atoms with Gasteiger partial charge in [0.25, 0.3) is 5.56 Å². The minimum atomic E-state index is -0.221. The average Bonchev–Trinajstić information content (AvgIpc) is 3.11. The maximum Gasteiger partial charge on any atom is 0.259 e. The molecule has 122 valence electrons. The highest BCUT2D eigenvalue weighted by Crippen LogP contribution is 2.21. The summed E-state index contributed by atoms with van der Waals surface area (Å²) in [5.41, 5.74) is 2.08. The maximum atomic E-state index is 12.1. The number of benzene rings is 2. The molecular weight excluding hydrogens is 336 g/mol. The SMILES string of the molecule is O=c1[nH]c(/C(Cl)=C\c2cnc(-c3ccccc3)[nH]2)nc2ccccc12. The third-order valence-corrected chi connectivity index (χ3v) is 4.05. The monoisotopic (exact) mass is 348 g/mol. The number of aromatic amines is 2. The van der Waals surface area contributed by atoms with Gasteiger partial charge in [0.1, 0.15) is 5.82 Å². The zero-order valence-electron chi connectivity index (χ0n) is 13.0. The van der Waals surface area contributed by atoms with Gasteiger partial charge in [-0.2, -0.15) is 0 Å². The Labute approximate surface area is 148 Å². The molecule has 2 aromatic heterocycles. The van der Waals surface area contributed by atoms with E-state index in [-0.39, 0.29) is 5.56 Å². The maximum absolute atomic E-state index is 12.1. The molecule has 0 bridgehead atoms. The van der Waals surface area contributed by atoms with Crippen molar-refractivity contribution in [2.24, 2.45) is 0 Å². The van der Waals surface area contributed by atoms with Crippen LogP contribution in [0.25, 0.3) is 33.4 Å². The lowest BCUT2D eigenvalue weighted by atomic mass is 10.2. The predicted octanol–water partition coefficient (Wildman–Crippen LogP) is 4.05. The number of rotatable bonds is 3. The van der Waals surface area contributed by atoms with Gasteiger partial charge in [-0.3, -0.25) is 4.79 Å². The highest BCUT2D eigenvalue weighted by atomic mass is 35.5. The Balaban J connectivity index is 1.70. The molecule has 25 heavy (non-hydrogen) atoms. The molecule has 0 saturated heterocycles. The van der Waals surface area contributed by atoms with Crippen molar-refractivity contribution in [3.63, 3.8) is 0 Å². The van der Waals surface area contributed by atoms with Gasteiger partial charge in [-0.05, 0) is 18.2 Å². The first kappa shape index (κ1) is 15.4. The van der Waals surface area contributed by atoms with Crippen molar-refractivity contribution in [3.8, 4) is 11.4 Å². The van der Waals surface area contributed by atoms with Crippen LogP contribution in [0.3, 0.4) is 0 Å². The van der Waals surface area contributed by atoms with Crippen molar-refractivity contribution in [2.75, 3.05) is 0 Å². The normalized spacial score (nSPS) is 11.8. The fourth-order valence-electron chi connectivity index (χ4n) is 2.56. The van der Waals surface area contributed by atoms with E-state index in [0.717, 1.165) is 17.1 Å². The van der Waals surface area contributed by atoms with Crippen LogP contribution in [-0.4, -0.2) is 19.9 Å². The highest BCUT2D eigenvalue weighted by molar-refractivity contribution is 6.50. The fourth-order valence-corrected chi connectivity index (χ4v) is 2.76. The van der Waals surface area contributed by atoms with Crippen molar-refractivity contribution in [1.82, 2.24) is 19.9 Å². The molecule has 4 rings (SSSR count). The molecule has 4 aromatic rings. The molecule has 0 spiro atoms. The second-order valence-corrected chi connectivity index (χ2v) is 5.88. The van der Waals surface area contributed by atoms with Gasteiger partial charge in [0.05, 0.1) is 27.8 Å². The Morgan fingerprint density at radius 1 is 1.00 bits per heavy atom. The number of aromatic nitrogens is 4. The predicted molar refractivity (Wildman–Crippen MR) is 100 cm³/mol. The quantitative estimate of drug-likeness (QED) is 0.586. The lowest BCUT2D eigenvalue weighted by Crippen LogP contribution is -2.10. The summed E-state index contributed by atoms with van der Waals surface area (Å²) in [4.78, 5) is 26.8. The summed E-state index contributed by atoms with van der Waals surface area (Å²) in [6, 6.07) is 16.9. The molecular formula is C19H13ClN4O. The summed E-state index contributed by atoms with van der Waals surface area (Å²) in [5, 5.41) is 0.856. The van der Waals surface area contributed by atoms with Crippen molar-refractivity contribution in [1.29, 1.82) is 0 Å². The van der Waals surface area contributed by atoms with Crippen LogP contribution < -0.4 is 5.56 Å². The summed E-state index contributed by atoms with van der Waals surface area (Å²) >= 11 is 6.35. The molecule has 0 atom stereocenters.